The van der Waals surface area contributed by atoms with Crippen LogP contribution in [0.1, 0.15) is 30.7 Å². The molecule has 1 aromatic heterocycles. The third kappa shape index (κ3) is 5.57. The molecule has 6 nitrogen and oxygen atoms in total. The summed E-state index contributed by atoms with van der Waals surface area (Å²) in [6.07, 6.45) is 2.57. The molecule has 2 aliphatic carbocycles. The number of carboxylic acids is 1. The molecule has 0 radical (unpaired) electrons. The molecular formula is C19H25F3N2O4. The maximum absolute atomic E-state index is 10.6. The molecule has 2 saturated carbocycles. The third-order valence-electron chi connectivity index (χ3n) is 5.59. The van der Waals surface area contributed by atoms with Crippen molar-refractivity contribution in [2.75, 3.05) is 26.9 Å². The van der Waals surface area contributed by atoms with Crippen LogP contribution in [0.4, 0.5) is 13.2 Å². The van der Waals surface area contributed by atoms with E-state index in [2.05, 4.69) is 16.4 Å². The zero-order valence-corrected chi connectivity index (χ0v) is 15.6. The van der Waals surface area contributed by atoms with Gasteiger partial charge in [-0.1, -0.05) is 0 Å². The van der Waals surface area contributed by atoms with Crippen LogP contribution >= 0.6 is 0 Å². The SMILES string of the molecule is COCC[C@H]1C[C@@H]1c1cncc(OC[C@H]2NC[C@@H]3C[C@@H]32)c1.O=C(O)C(F)(F)F. The fourth-order valence-corrected chi connectivity index (χ4v) is 3.78. The van der Waals surface area contributed by atoms with Crippen LogP contribution in [0.3, 0.4) is 0 Å². The number of aliphatic carboxylic acids is 1. The Hall–Kier alpha value is -1.87. The summed E-state index contributed by atoms with van der Waals surface area (Å²) in [7, 11) is 1.77. The van der Waals surface area contributed by atoms with E-state index in [1.165, 1.54) is 24.9 Å². The summed E-state index contributed by atoms with van der Waals surface area (Å²) in [6.45, 7) is 2.82. The number of fused-ring (bicyclic) bond motifs is 1. The van der Waals surface area contributed by atoms with Crippen LogP contribution in [0.2, 0.25) is 0 Å². The predicted octanol–water partition coefficient (Wildman–Crippen LogP) is 2.84. The van der Waals surface area contributed by atoms with Gasteiger partial charge >= 0.3 is 12.1 Å². The Morgan fingerprint density at radius 2 is 2.11 bits per heavy atom. The first-order valence-corrected chi connectivity index (χ1v) is 9.39. The minimum absolute atomic E-state index is 0.550. The molecular weight excluding hydrogens is 377 g/mol. The lowest BCUT2D eigenvalue weighted by atomic mass is 10.1. The van der Waals surface area contributed by atoms with Gasteiger partial charge in [0.15, 0.2) is 0 Å². The highest BCUT2D eigenvalue weighted by atomic mass is 19.4. The van der Waals surface area contributed by atoms with Gasteiger partial charge in [0.25, 0.3) is 0 Å². The monoisotopic (exact) mass is 402 g/mol. The molecule has 0 spiro atoms. The zero-order valence-electron chi connectivity index (χ0n) is 15.6. The Morgan fingerprint density at radius 3 is 2.68 bits per heavy atom. The summed E-state index contributed by atoms with van der Waals surface area (Å²) in [6, 6.07) is 2.73. The average Bonchev–Trinajstić information content (AvgIpc) is 3.56. The van der Waals surface area contributed by atoms with Gasteiger partial charge in [0.1, 0.15) is 12.4 Å². The summed E-state index contributed by atoms with van der Waals surface area (Å²) in [4.78, 5) is 13.3. The summed E-state index contributed by atoms with van der Waals surface area (Å²) in [5.41, 5.74) is 1.33. The summed E-state index contributed by atoms with van der Waals surface area (Å²) in [5, 5.41) is 10.7. The van der Waals surface area contributed by atoms with Crippen molar-refractivity contribution in [1.82, 2.24) is 10.3 Å². The maximum atomic E-state index is 10.6. The molecule has 0 unspecified atom stereocenters. The molecule has 1 saturated heterocycles. The average molecular weight is 402 g/mol. The van der Waals surface area contributed by atoms with E-state index >= 15 is 0 Å². The van der Waals surface area contributed by atoms with Gasteiger partial charge in [0.05, 0.1) is 6.20 Å². The Bertz CT molecular complexity index is 685. The number of carboxylic acid groups (broad SMARTS) is 1. The number of halogens is 3. The first-order valence-electron chi connectivity index (χ1n) is 9.39. The van der Waals surface area contributed by atoms with Crippen molar-refractivity contribution in [2.45, 2.75) is 37.4 Å². The van der Waals surface area contributed by atoms with Crippen LogP contribution < -0.4 is 10.1 Å². The molecule has 2 heterocycles. The van der Waals surface area contributed by atoms with Crippen molar-refractivity contribution >= 4 is 5.97 Å². The lowest BCUT2D eigenvalue weighted by Crippen LogP contribution is -2.32. The van der Waals surface area contributed by atoms with Gasteiger partial charge in [0.2, 0.25) is 0 Å². The minimum Gasteiger partial charge on any atom is -0.490 e. The number of rotatable bonds is 7. The highest BCUT2D eigenvalue weighted by Gasteiger charge is 2.48. The molecule has 156 valence electrons. The summed E-state index contributed by atoms with van der Waals surface area (Å²) in [5.74, 6) is 1.39. The van der Waals surface area contributed by atoms with Gasteiger partial charge in [-0.2, -0.15) is 13.2 Å². The molecule has 5 atom stereocenters. The van der Waals surface area contributed by atoms with Gasteiger partial charge in [-0.05, 0) is 61.1 Å². The Morgan fingerprint density at radius 1 is 1.36 bits per heavy atom. The van der Waals surface area contributed by atoms with Crippen LogP contribution in [-0.4, -0.2) is 55.1 Å². The largest absolute Gasteiger partial charge is 0.490 e. The fourth-order valence-electron chi connectivity index (χ4n) is 3.78. The number of carbonyl (C=O) groups is 1. The molecule has 1 aliphatic heterocycles. The van der Waals surface area contributed by atoms with E-state index in [0.29, 0.717) is 12.0 Å². The van der Waals surface area contributed by atoms with E-state index in [1.54, 1.807) is 7.11 Å². The first kappa shape index (κ1) is 20.9. The second-order valence-electron chi connectivity index (χ2n) is 7.63. The van der Waals surface area contributed by atoms with Crippen molar-refractivity contribution < 1.29 is 32.5 Å². The lowest BCUT2D eigenvalue weighted by Gasteiger charge is -2.14. The van der Waals surface area contributed by atoms with E-state index < -0.39 is 12.1 Å². The molecule has 0 aromatic carbocycles. The van der Waals surface area contributed by atoms with Crippen LogP contribution in [0.15, 0.2) is 18.5 Å². The van der Waals surface area contributed by atoms with Crippen LogP contribution in [-0.2, 0) is 9.53 Å². The minimum atomic E-state index is -5.08. The Balaban J connectivity index is 0.000000279. The van der Waals surface area contributed by atoms with Crippen molar-refractivity contribution in [1.29, 1.82) is 0 Å². The number of pyridine rings is 1. The van der Waals surface area contributed by atoms with Crippen LogP contribution in [0.25, 0.3) is 0 Å². The molecule has 9 heteroatoms. The number of ether oxygens (including phenoxy) is 2. The second kappa shape index (κ2) is 8.65. The van der Waals surface area contributed by atoms with Gasteiger partial charge in [-0.15, -0.1) is 0 Å². The predicted molar refractivity (Wildman–Crippen MR) is 94.2 cm³/mol. The van der Waals surface area contributed by atoms with Crippen molar-refractivity contribution in [3.8, 4) is 5.75 Å². The highest BCUT2D eigenvalue weighted by Crippen LogP contribution is 2.50. The molecule has 1 aromatic rings. The number of hydrogen-bond acceptors (Lipinski definition) is 5. The number of aromatic nitrogens is 1. The number of methoxy groups -OCH3 is 1. The number of nitrogens with one attached hydrogen (secondary N) is 1. The molecule has 0 amide bonds. The van der Waals surface area contributed by atoms with Gasteiger partial charge in [-0.25, -0.2) is 4.79 Å². The van der Waals surface area contributed by atoms with E-state index in [0.717, 1.165) is 43.1 Å². The molecule has 28 heavy (non-hydrogen) atoms. The van der Waals surface area contributed by atoms with Crippen LogP contribution in [0.5, 0.6) is 5.75 Å². The van der Waals surface area contributed by atoms with Gasteiger partial charge in [-0.3, -0.25) is 4.98 Å². The molecule has 3 aliphatic rings. The fraction of sp³-hybridized carbons (Fsp3) is 0.684. The number of hydrogen-bond donors (Lipinski definition) is 2. The topological polar surface area (TPSA) is 80.7 Å². The Kier molecular flexibility index (Phi) is 6.44. The van der Waals surface area contributed by atoms with E-state index in [4.69, 9.17) is 19.4 Å². The number of alkyl halides is 3. The first-order chi connectivity index (χ1) is 13.3. The summed E-state index contributed by atoms with van der Waals surface area (Å²) >= 11 is 0. The number of nitrogens with zero attached hydrogens (tertiary/aromatic N) is 1. The quantitative estimate of drug-likeness (QED) is 0.730. The maximum Gasteiger partial charge on any atom is 0.490 e. The van der Waals surface area contributed by atoms with Crippen molar-refractivity contribution in [3.05, 3.63) is 24.0 Å². The van der Waals surface area contributed by atoms with Gasteiger partial charge < -0.3 is 19.9 Å². The zero-order chi connectivity index (χ0) is 20.3. The highest BCUT2D eigenvalue weighted by molar-refractivity contribution is 5.73. The van der Waals surface area contributed by atoms with Crippen LogP contribution in [0, 0.1) is 17.8 Å². The third-order valence-corrected chi connectivity index (χ3v) is 5.59. The Labute approximate surface area is 161 Å². The van der Waals surface area contributed by atoms with Gasteiger partial charge in [0, 0.05) is 26.0 Å². The lowest BCUT2D eigenvalue weighted by molar-refractivity contribution is -0.192. The summed E-state index contributed by atoms with van der Waals surface area (Å²) < 4.78 is 42.9. The van der Waals surface area contributed by atoms with E-state index in [9.17, 15) is 13.2 Å². The molecule has 0 bridgehead atoms. The standard InChI is InChI=1S/C17H24N2O2.C2HF3O2/c1-20-3-2-11-5-15(11)12-4-14(9-18-7-12)21-10-17-16-6-13(16)8-19-17;3-2(4,5)1(6)7/h4,7,9,11,13,15-17,19H,2-3,5-6,8,10H2,1H3;(H,6,7)/t11-,13-,15-,16-,17+;/m0./s1. The van der Waals surface area contributed by atoms with E-state index in [-0.39, 0.29) is 0 Å². The molecule has 2 N–H and O–H groups in total. The second-order valence-corrected chi connectivity index (χ2v) is 7.63. The molecule has 4 rings (SSSR count). The normalized spacial score (nSPS) is 30.1. The molecule has 3 fully saturated rings. The van der Waals surface area contributed by atoms with Crippen molar-refractivity contribution in [3.63, 3.8) is 0 Å². The smallest absolute Gasteiger partial charge is 0.490 e. The number of piperidine rings is 1. The van der Waals surface area contributed by atoms with Crippen molar-refractivity contribution in [2.24, 2.45) is 17.8 Å². The van der Waals surface area contributed by atoms with E-state index in [1.807, 2.05) is 12.4 Å².